The van der Waals surface area contributed by atoms with E-state index in [-0.39, 0.29) is 0 Å². The summed E-state index contributed by atoms with van der Waals surface area (Å²) in [5.74, 6) is 0.874. The highest BCUT2D eigenvalue weighted by molar-refractivity contribution is 8.01. The molecule has 0 radical (unpaired) electrons. The zero-order chi connectivity index (χ0) is 9.97. The Kier molecular flexibility index (Phi) is 2.79. The van der Waals surface area contributed by atoms with Crippen molar-refractivity contribution < 1.29 is 0 Å². The van der Waals surface area contributed by atoms with Crippen LogP contribution in [-0.2, 0) is 0 Å². The Hall–Kier alpha value is -0.940. The minimum Gasteiger partial charge on any atom is -0.197 e. The maximum atomic E-state index is 5.02. The topological polar surface area (TPSA) is 41.6 Å². The number of hydrogen-bond acceptors (Lipinski definition) is 4. The molecule has 1 heterocycles. The Morgan fingerprint density at radius 3 is 3.00 bits per heavy atom. The molecule has 1 aromatic heterocycles. The summed E-state index contributed by atoms with van der Waals surface area (Å²) in [6, 6.07) is 6.01. The number of benzene rings is 1. The fourth-order valence-electron chi connectivity index (χ4n) is 1.09. The van der Waals surface area contributed by atoms with Crippen molar-refractivity contribution in [3.8, 4) is 0 Å². The molecule has 14 heavy (non-hydrogen) atoms. The molecule has 0 atom stereocenters. The van der Waals surface area contributed by atoms with Crippen molar-refractivity contribution in [3.05, 3.63) is 18.2 Å². The van der Waals surface area contributed by atoms with Gasteiger partial charge in [-0.2, -0.15) is 15.4 Å². The van der Waals surface area contributed by atoms with Crippen molar-refractivity contribution in [1.29, 1.82) is 0 Å². The van der Waals surface area contributed by atoms with Gasteiger partial charge in [-0.3, -0.25) is 0 Å². The standard InChI is InChI=1S/C9H9N3S2/c1-6(13)5-14-7-2-3-8-9(4-7)11-12-10-8/h2-4H,5H2,1H3,(H,10,11,12). The fraction of sp³-hybridized carbons (Fsp3) is 0.222. The highest BCUT2D eigenvalue weighted by Gasteiger charge is 2.00. The van der Waals surface area contributed by atoms with Crippen LogP contribution in [0.15, 0.2) is 23.1 Å². The maximum absolute atomic E-state index is 5.02. The van der Waals surface area contributed by atoms with Crippen molar-refractivity contribution in [2.24, 2.45) is 0 Å². The van der Waals surface area contributed by atoms with E-state index in [1.165, 1.54) is 4.90 Å². The van der Waals surface area contributed by atoms with E-state index in [1.54, 1.807) is 11.8 Å². The molecule has 0 unspecified atom stereocenters. The third kappa shape index (κ3) is 2.10. The molecule has 0 amide bonds. The van der Waals surface area contributed by atoms with Crippen molar-refractivity contribution in [3.63, 3.8) is 0 Å². The van der Waals surface area contributed by atoms with E-state index in [0.29, 0.717) is 0 Å². The molecule has 0 saturated carbocycles. The predicted molar refractivity (Wildman–Crippen MR) is 62.9 cm³/mol. The number of aromatic amines is 1. The monoisotopic (exact) mass is 223 g/mol. The molecule has 0 saturated heterocycles. The quantitative estimate of drug-likeness (QED) is 0.641. The van der Waals surface area contributed by atoms with E-state index in [0.717, 1.165) is 21.7 Å². The molecule has 0 aliphatic carbocycles. The van der Waals surface area contributed by atoms with E-state index in [9.17, 15) is 0 Å². The lowest BCUT2D eigenvalue weighted by Gasteiger charge is -1.98. The van der Waals surface area contributed by atoms with Gasteiger partial charge in [0.25, 0.3) is 0 Å². The first kappa shape index (κ1) is 9.61. The van der Waals surface area contributed by atoms with Crippen LogP contribution in [0.5, 0.6) is 0 Å². The van der Waals surface area contributed by atoms with Gasteiger partial charge >= 0.3 is 0 Å². The predicted octanol–water partition coefficient (Wildman–Crippen LogP) is 2.44. The largest absolute Gasteiger partial charge is 0.197 e. The number of rotatable bonds is 3. The third-order valence-electron chi connectivity index (χ3n) is 1.73. The second kappa shape index (κ2) is 4.06. The summed E-state index contributed by atoms with van der Waals surface area (Å²) in [5.41, 5.74) is 1.80. The molecule has 0 fully saturated rings. The van der Waals surface area contributed by atoms with Gasteiger partial charge in [0.1, 0.15) is 11.0 Å². The van der Waals surface area contributed by atoms with Crippen molar-refractivity contribution in [2.45, 2.75) is 11.8 Å². The van der Waals surface area contributed by atoms with Crippen LogP contribution in [0.3, 0.4) is 0 Å². The minimum absolute atomic E-state index is 0.874. The molecular weight excluding hydrogens is 214 g/mol. The van der Waals surface area contributed by atoms with Gasteiger partial charge in [0.05, 0.1) is 0 Å². The molecule has 72 valence electrons. The van der Waals surface area contributed by atoms with Crippen LogP contribution in [0.25, 0.3) is 11.0 Å². The Morgan fingerprint density at radius 1 is 1.43 bits per heavy atom. The zero-order valence-corrected chi connectivity index (χ0v) is 9.28. The van der Waals surface area contributed by atoms with E-state index in [4.69, 9.17) is 12.2 Å². The van der Waals surface area contributed by atoms with E-state index in [1.807, 2.05) is 25.1 Å². The van der Waals surface area contributed by atoms with Gasteiger partial charge in [-0.15, -0.1) is 11.8 Å². The average molecular weight is 223 g/mol. The average Bonchev–Trinajstić information content (AvgIpc) is 2.61. The van der Waals surface area contributed by atoms with E-state index in [2.05, 4.69) is 15.4 Å². The van der Waals surface area contributed by atoms with Crippen molar-refractivity contribution in [2.75, 3.05) is 5.75 Å². The molecule has 2 rings (SSSR count). The molecule has 5 heteroatoms. The SMILES string of the molecule is CC(=S)CSc1ccc2n[nH]nc2c1. The molecule has 1 aromatic carbocycles. The number of nitrogens with one attached hydrogen (secondary N) is 1. The Bertz CT molecular complexity index is 464. The first-order valence-electron chi connectivity index (χ1n) is 4.18. The number of thiocarbonyl (C=S) groups is 1. The Labute approximate surface area is 91.3 Å². The highest BCUT2D eigenvalue weighted by Crippen LogP contribution is 2.21. The summed E-state index contributed by atoms with van der Waals surface area (Å²) < 4.78 is 0. The first-order chi connectivity index (χ1) is 6.75. The number of aromatic nitrogens is 3. The normalized spacial score (nSPS) is 10.6. The van der Waals surface area contributed by atoms with Crippen LogP contribution in [-0.4, -0.2) is 26.0 Å². The molecule has 0 aliphatic heterocycles. The van der Waals surface area contributed by atoms with Crippen LogP contribution in [0.4, 0.5) is 0 Å². The second-order valence-corrected chi connectivity index (χ2v) is 4.71. The summed E-state index contributed by atoms with van der Waals surface area (Å²) in [4.78, 5) is 2.19. The lowest BCUT2D eigenvalue weighted by Crippen LogP contribution is -1.89. The summed E-state index contributed by atoms with van der Waals surface area (Å²) in [6.07, 6.45) is 0. The van der Waals surface area contributed by atoms with E-state index < -0.39 is 0 Å². The third-order valence-corrected chi connectivity index (χ3v) is 3.22. The minimum atomic E-state index is 0.874. The maximum Gasteiger partial charge on any atom is 0.114 e. The summed E-state index contributed by atoms with van der Waals surface area (Å²) in [7, 11) is 0. The summed E-state index contributed by atoms with van der Waals surface area (Å²) >= 11 is 6.74. The Balaban J connectivity index is 2.21. The molecule has 1 N–H and O–H groups in total. The highest BCUT2D eigenvalue weighted by atomic mass is 32.2. The molecule has 0 bridgehead atoms. The summed E-state index contributed by atoms with van der Waals surface area (Å²) in [5, 5.41) is 10.6. The van der Waals surface area contributed by atoms with Crippen LogP contribution in [0, 0.1) is 0 Å². The summed E-state index contributed by atoms with van der Waals surface area (Å²) in [6.45, 7) is 1.96. The van der Waals surface area contributed by atoms with Crippen LogP contribution in [0.1, 0.15) is 6.92 Å². The van der Waals surface area contributed by atoms with Crippen molar-refractivity contribution in [1.82, 2.24) is 15.4 Å². The van der Waals surface area contributed by atoms with Gasteiger partial charge in [0, 0.05) is 15.5 Å². The zero-order valence-electron chi connectivity index (χ0n) is 7.65. The smallest absolute Gasteiger partial charge is 0.114 e. The van der Waals surface area contributed by atoms with Crippen LogP contribution >= 0.6 is 24.0 Å². The van der Waals surface area contributed by atoms with E-state index >= 15 is 0 Å². The lowest BCUT2D eigenvalue weighted by atomic mass is 10.3. The Morgan fingerprint density at radius 2 is 2.21 bits per heavy atom. The number of thioether (sulfide) groups is 1. The lowest BCUT2D eigenvalue weighted by molar-refractivity contribution is 0.959. The van der Waals surface area contributed by atoms with Gasteiger partial charge in [-0.05, 0) is 25.1 Å². The van der Waals surface area contributed by atoms with Crippen LogP contribution in [0.2, 0.25) is 0 Å². The van der Waals surface area contributed by atoms with Gasteiger partial charge in [0.2, 0.25) is 0 Å². The molecule has 0 aliphatic rings. The fourth-order valence-corrected chi connectivity index (χ4v) is 2.00. The number of H-pyrrole nitrogens is 1. The molecule has 2 aromatic rings. The van der Waals surface area contributed by atoms with Gasteiger partial charge in [-0.1, -0.05) is 12.2 Å². The van der Waals surface area contributed by atoms with Gasteiger partial charge < -0.3 is 0 Å². The first-order valence-corrected chi connectivity index (χ1v) is 5.58. The van der Waals surface area contributed by atoms with Gasteiger partial charge in [-0.25, -0.2) is 0 Å². The number of fused-ring (bicyclic) bond motifs is 1. The molecular formula is C9H9N3S2. The molecule has 0 spiro atoms. The molecule has 3 nitrogen and oxygen atoms in total. The number of hydrogen-bond donors (Lipinski definition) is 1. The van der Waals surface area contributed by atoms with Gasteiger partial charge in [0.15, 0.2) is 0 Å². The van der Waals surface area contributed by atoms with Crippen molar-refractivity contribution >= 4 is 39.9 Å². The van der Waals surface area contributed by atoms with Crippen LogP contribution < -0.4 is 0 Å². The number of nitrogens with zero attached hydrogens (tertiary/aromatic N) is 2. The second-order valence-electron chi connectivity index (χ2n) is 2.96.